The Kier molecular flexibility index (Phi) is 9.61. The van der Waals surface area contributed by atoms with E-state index in [1.807, 2.05) is 13.8 Å². The van der Waals surface area contributed by atoms with Gasteiger partial charge in [0.25, 0.3) is 0 Å². The quantitative estimate of drug-likeness (QED) is 0.720. The molecule has 1 rings (SSSR count). The van der Waals surface area contributed by atoms with Crippen LogP contribution in [-0.4, -0.2) is 30.8 Å². The number of Topliss-reactive ketones (excluding diaryl/α,β-unsaturated/α-hetero) is 1. The molecule has 124 valence electrons. The molecule has 4 nitrogen and oxygen atoms in total. The van der Waals surface area contributed by atoms with E-state index in [0.29, 0.717) is 12.1 Å². The van der Waals surface area contributed by atoms with Crippen LogP contribution in [0.1, 0.15) is 37.6 Å². The van der Waals surface area contributed by atoms with Crippen molar-refractivity contribution in [2.75, 3.05) is 13.1 Å². The van der Waals surface area contributed by atoms with Crippen molar-refractivity contribution in [1.82, 2.24) is 10.6 Å². The van der Waals surface area contributed by atoms with Crippen LogP contribution in [-0.2, 0) is 4.79 Å². The number of rotatable bonds is 8. The summed E-state index contributed by atoms with van der Waals surface area (Å²) in [6.07, 6.45) is 0.105. The second-order valence-electron chi connectivity index (χ2n) is 5.24. The van der Waals surface area contributed by atoms with Gasteiger partial charge >= 0.3 is 0 Å². The molecular weight excluding hydrogens is 307 g/mol. The number of halogens is 2. The van der Waals surface area contributed by atoms with Gasteiger partial charge in [0.05, 0.1) is 0 Å². The van der Waals surface area contributed by atoms with Gasteiger partial charge in [0, 0.05) is 30.5 Å². The lowest BCUT2D eigenvalue weighted by Crippen LogP contribution is -2.39. The van der Waals surface area contributed by atoms with Gasteiger partial charge in [-0.2, -0.15) is 0 Å². The molecule has 22 heavy (non-hydrogen) atoms. The predicted octanol–water partition coefficient (Wildman–Crippen LogP) is 2.57. The fourth-order valence-electron chi connectivity index (χ4n) is 2.06. The SMILES string of the molecule is CCN[C@H](C)CNC(=O)CC(C)C(=O)c1cccc(F)c1.Cl. The summed E-state index contributed by atoms with van der Waals surface area (Å²) in [5, 5.41) is 5.97. The van der Waals surface area contributed by atoms with Crippen LogP contribution < -0.4 is 10.6 Å². The molecule has 1 aromatic rings. The molecule has 0 aliphatic rings. The average molecular weight is 331 g/mol. The number of nitrogens with one attached hydrogen (secondary N) is 2. The molecule has 1 amide bonds. The Morgan fingerprint density at radius 3 is 2.55 bits per heavy atom. The van der Waals surface area contributed by atoms with E-state index in [1.54, 1.807) is 13.0 Å². The third-order valence-corrected chi connectivity index (χ3v) is 3.21. The van der Waals surface area contributed by atoms with Crippen molar-refractivity contribution >= 4 is 24.1 Å². The number of hydrogen-bond donors (Lipinski definition) is 2. The number of carbonyl (C=O) groups is 2. The molecule has 0 aliphatic carbocycles. The van der Waals surface area contributed by atoms with Gasteiger partial charge in [0.15, 0.2) is 5.78 Å². The summed E-state index contributed by atoms with van der Waals surface area (Å²) in [6, 6.07) is 5.73. The molecule has 0 spiro atoms. The minimum atomic E-state index is -0.471. The highest BCUT2D eigenvalue weighted by molar-refractivity contribution is 5.99. The van der Waals surface area contributed by atoms with Crippen molar-refractivity contribution < 1.29 is 14.0 Å². The minimum Gasteiger partial charge on any atom is -0.355 e. The van der Waals surface area contributed by atoms with E-state index in [0.717, 1.165) is 6.54 Å². The van der Waals surface area contributed by atoms with Crippen molar-refractivity contribution in [2.45, 2.75) is 33.2 Å². The van der Waals surface area contributed by atoms with Crippen LogP contribution in [0.2, 0.25) is 0 Å². The Labute approximate surface area is 137 Å². The number of benzene rings is 1. The molecule has 2 atom stereocenters. The van der Waals surface area contributed by atoms with E-state index in [-0.39, 0.29) is 36.6 Å². The van der Waals surface area contributed by atoms with Crippen LogP contribution in [0.15, 0.2) is 24.3 Å². The maximum Gasteiger partial charge on any atom is 0.220 e. The number of ketones is 1. The van der Waals surface area contributed by atoms with Crippen molar-refractivity contribution in [2.24, 2.45) is 5.92 Å². The Morgan fingerprint density at radius 2 is 1.95 bits per heavy atom. The van der Waals surface area contributed by atoms with E-state index >= 15 is 0 Å². The molecule has 1 aromatic carbocycles. The Hall–Kier alpha value is -1.46. The van der Waals surface area contributed by atoms with Gasteiger partial charge in [-0.05, 0) is 25.6 Å². The molecule has 0 heterocycles. The van der Waals surface area contributed by atoms with Crippen LogP contribution in [0, 0.1) is 11.7 Å². The molecule has 0 aliphatic heterocycles. The monoisotopic (exact) mass is 330 g/mol. The summed E-state index contributed by atoms with van der Waals surface area (Å²) in [4.78, 5) is 23.9. The topological polar surface area (TPSA) is 58.2 Å². The van der Waals surface area contributed by atoms with Crippen LogP contribution in [0.3, 0.4) is 0 Å². The summed E-state index contributed by atoms with van der Waals surface area (Å²) in [7, 11) is 0. The van der Waals surface area contributed by atoms with E-state index in [1.165, 1.54) is 18.2 Å². The largest absolute Gasteiger partial charge is 0.355 e. The minimum absolute atomic E-state index is 0. The van der Waals surface area contributed by atoms with E-state index in [2.05, 4.69) is 10.6 Å². The average Bonchev–Trinajstić information content (AvgIpc) is 2.44. The summed E-state index contributed by atoms with van der Waals surface area (Å²) in [5.74, 6) is -1.31. The molecule has 6 heteroatoms. The Balaban J connectivity index is 0.00000441. The molecule has 0 bridgehead atoms. The highest BCUT2D eigenvalue weighted by Gasteiger charge is 2.19. The highest BCUT2D eigenvalue weighted by Crippen LogP contribution is 2.13. The molecule has 0 radical (unpaired) electrons. The standard InChI is InChI=1S/C16H23FN2O2.ClH/c1-4-18-12(3)10-19-15(20)8-11(2)16(21)13-6-5-7-14(17)9-13;/h5-7,9,11-12,18H,4,8,10H2,1-3H3,(H,19,20);1H/t11?,12-;/m1./s1. The van der Waals surface area contributed by atoms with Gasteiger partial charge < -0.3 is 10.6 Å². The first-order valence-corrected chi connectivity index (χ1v) is 7.23. The zero-order valence-electron chi connectivity index (χ0n) is 13.2. The van der Waals surface area contributed by atoms with Crippen LogP contribution >= 0.6 is 12.4 Å². The lowest BCUT2D eigenvalue weighted by atomic mass is 9.96. The molecule has 2 N–H and O–H groups in total. The maximum atomic E-state index is 13.1. The van der Waals surface area contributed by atoms with Gasteiger partial charge in [-0.3, -0.25) is 9.59 Å². The van der Waals surface area contributed by atoms with Crippen molar-refractivity contribution in [3.63, 3.8) is 0 Å². The first-order valence-electron chi connectivity index (χ1n) is 7.23. The summed E-state index contributed by atoms with van der Waals surface area (Å²) in [5.41, 5.74) is 0.302. The third-order valence-electron chi connectivity index (χ3n) is 3.21. The van der Waals surface area contributed by atoms with Crippen LogP contribution in [0.4, 0.5) is 4.39 Å². The zero-order chi connectivity index (χ0) is 15.8. The Morgan fingerprint density at radius 1 is 1.27 bits per heavy atom. The lowest BCUT2D eigenvalue weighted by Gasteiger charge is -2.15. The molecule has 0 fully saturated rings. The highest BCUT2D eigenvalue weighted by atomic mass is 35.5. The van der Waals surface area contributed by atoms with Gasteiger partial charge in [0.1, 0.15) is 5.82 Å². The fraction of sp³-hybridized carbons (Fsp3) is 0.500. The summed E-state index contributed by atoms with van der Waals surface area (Å²) in [6.45, 7) is 7.02. The number of likely N-dealkylation sites (N-methyl/N-ethyl adjacent to an activating group) is 1. The first-order chi connectivity index (χ1) is 9.93. The number of amides is 1. The van der Waals surface area contributed by atoms with Gasteiger partial charge in [-0.1, -0.05) is 26.0 Å². The van der Waals surface area contributed by atoms with Crippen LogP contribution in [0.25, 0.3) is 0 Å². The number of hydrogen-bond acceptors (Lipinski definition) is 3. The first kappa shape index (κ1) is 20.5. The second kappa shape index (κ2) is 10.3. The van der Waals surface area contributed by atoms with Crippen molar-refractivity contribution in [1.29, 1.82) is 0 Å². The van der Waals surface area contributed by atoms with Crippen molar-refractivity contribution in [3.05, 3.63) is 35.6 Å². The number of carbonyl (C=O) groups excluding carboxylic acids is 2. The van der Waals surface area contributed by atoms with Gasteiger partial charge in [-0.15, -0.1) is 12.4 Å². The van der Waals surface area contributed by atoms with E-state index < -0.39 is 11.7 Å². The predicted molar refractivity (Wildman–Crippen MR) is 87.9 cm³/mol. The lowest BCUT2D eigenvalue weighted by molar-refractivity contribution is -0.121. The van der Waals surface area contributed by atoms with Crippen LogP contribution in [0.5, 0.6) is 0 Å². The smallest absolute Gasteiger partial charge is 0.220 e. The second-order valence-corrected chi connectivity index (χ2v) is 5.24. The maximum absolute atomic E-state index is 13.1. The molecular formula is C16H24ClFN2O2. The molecule has 0 aromatic heterocycles. The van der Waals surface area contributed by atoms with Crippen molar-refractivity contribution in [3.8, 4) is 0 Å². The zero-order valence-corrected chi connectivity index (χ0v) is 14.0. The summed E-state index contributed by atoms with van der Waals surface area (Å²) >= 11 is 0. The summed E-state index contributed by atoms with van der Waals surface area (Å²) < 4.78 is 13.1. The normalized spacial score (nSPS) is 12.9. The Bertz CT molecular complexity index is 497. The fourth-order valence-corrected chi connectivity index (χ4v) is 2.06. The molecule has 1 unspecified atom stereocenters. The van der Waals surface area contributed by atoms with Gasteiger partial charge in [-0.25, -0.2) is 4.39 Å². The third kappa shape index (κ3) is 7.00. The van der Waals surface area contributed by atoms with E-state index in [4.69, 9.17) is 0 Å². The van der Waals surface area contributed by atoms with Gasteiger partial charge in [0.2, 0.25) is 5.91 Å². The molecule has 0 saturated heterocycles. The molecule has 0 saturated carbocycles. The van der Waals surface area contributed by atoms with E-state index in [9.17, 15) is 14.0 Å².